The van der Waals surface area contributed by atoms with E-state index in [1.165, 1.54) is 32.1 Å². The number of nitrogens with two attached hydrogens (primary N) is 1. The van der Waals surface area contributed by atoms with E-state index in [1.807, 2.05) is 6.92 Å². The molecule has 0 saturated carbocycles. The highest BCUT2D eigenvalue weighted by Crippen LogP contribution is 2.28. The van der Waals surface area contributed by atoms with E-state index < -0.39 is 30.2 Å². The van der Waals surface area contributed by atoms with Crippen LogP contribution in [-0.2, 0) is 9.53 Å². The minimum absolute atomic E-state index is 0.131. The largest absolute Gasteiger partial charge is 0.462 e. The number of carbonyl (C=O) groups excluding carboxylic acids is 1. The second kappa shape index (κ2) is 13.4. The summed E-state index contributed by atoms with van der Waals surface area (Å²) >= 11 is 0. The van der Waals surface area contributed by atoms with Crippen LogP contribution in [-0.4, -0.2) is 24.3 Å². The van der Waals surface area contributed by atoms with Gasteiger partial charge in [-0.25, -0.2) is 0 Å². The van der Waals surface area contributed by atoms with Crippen LogP contribution in [0.3, 0.4) is 0 Å². The Kier molecular flexibility index (Phi) is 13.0. The summed E-state index contributed by atoms with van der Waals surface area (Å²) in [4.78, 5) is 12.1. The molecular formula is C19H36F3NO2. The van der Waals surface area contributed by atoms with Crippen LogP contribution < -0.4 is 5.73 Å². The van der Waals surface area contributed by atoms with Gasteiger partial charge in [0.05, 0.1) is 12.0 Å². The first-order valence-electron chi connectivity index (χ1n) is 9.76. The molecule has 0 heterocycles. The van der Waals surface area contributed by atoms with E-state index in [0.29, 0.717) is 12.8 Å². The van der Waals surface area contributed by atoms with Gasteiger partial charge in [-0.15, -0.1) is 0 Å². The molecule has 0 saturated heterocycles. The number of carbonyl (C=O) groups is 1. The monoisotopic (exact) mass is 367 g/mol. The van der Waals surface area contributed by atoms with Crippen LogP contribution in [0.4, 0.5) is 13.2 Å². The van der Waals surface area contributed by atoms with Crippen molar-refractivity contribution in [1.29, 1.82) is 0 Å². The Morgan fingerprint density at radius 1 is 0.960 bits per heavy atom. The number of hydrogen-bond acceptors (Lipinski definition) is 3. The van der Waals surface area contributed by atoms with Gasteiger partial charge in [0.1, 0.15) is 6.04 Å². The van der Waals surface area contributed by atoms with Crippen LogP contribution in [0.2, 0.25) is 0 Å². The molecule has 6 heteroatoms. The van der Waals surface area contributed by atoms with E-state index in [-0.39, 0.29) is 6.42 Å². The first-order valence-corrected chi connectivity index (χ1v) is 9.76. The van der Waals surface area contributed by atoms with Crippen molar-refractivity contribution in [3.05, 3.63) is 0 Å². The van der Waals surface area contributed by atoms with Crippen molar-refractivity contribution in [2.75, 3.05) is 0 Å². The molecule has 0 aliphatic carbocycles. The highest BCUT2D eigenvalue weighted by molar-refractivity contribution is 5.73. The summed E-state index contributed by atoms with van der Waals surface area (Å²) in [5.41, 5.74) is 5.30. The second-order valence-corrected chi connectivity index (χ2v) is 6.95. The summed E-state index contributed by atoms with van der Waals surface area (Å²) in [6, 6.07) is -2.15. The number of esters is 1. The average molecular weight is 367 g/mol. The summed E-state index contributed by atoms with van der Waals surface area (Å²) in [5, 5.41) is 0. The summed E-state index contributed by atoms with van der Waals surface area (Å²) in [6.07, 6.45) is 5.31. The minimum atomic E-state index is -4.58. The predicted octanol–water partition coefficient (Wildman–Crippen LogP) is 5.75. The van der Waals surface area contributed by atoms with Crippen molar-refractivity contribution in [1.82, 2.24) is 0 Å². The lowest BCUT2D eigenvalue weighted by molar-refractivity contribution is -0.179. The maximum Gasteiger partial charge on any atom is 0.404 e. The zero-order chi connectivity index (χ0) is 19.3. The molecule has 1 unspecified atom stereocenters. The van der Waals surface area contributed by atoms with Gasteiger partial charge in [-0.05, 0) is 19.8 Å². The standard InChI is InChI=1S/C19H36F3NO2/c1-4-6-7-8-9-10-11-12-13-14-16(17(23)19(20,21)22)18(24)25-15(3)5-2/h15-17H,4-14,23H2,1-3H3/t15?,16-,17-/m0/s1. The topological polar surface area (TPSA) is 52.3 Å². The van der Waals surface area contributed by atoms with Gasteiger partial charge in [0.25, 0.3) is 0 Å². The van der Waals surface area contributed by atoms with Crippen LogP contribution in [0.25, 0.3) is 0 Å². The van der Waals surface area contributed by atoms with E-state index in [0.717, 1.165) is 19.3 Å². The van der Waals surface area contributed by atoms with Crippen molar-refractivity contribution < 1.29 is 22.7 Å². The summed E-state index contributed by atoms with van der Waals surface area (Å²) < 4.78 is 43.9. The van der Waals surface area contributed by atoms with Crippen LogP contribution in [0.1, 0.15) is 91.4 Å². The molecule has 0 amide bonds. The van der Waals surface area contributed by atoms with Gasteiger partial charge in [0.15, 0.2) is 0 Å². The van der Waals surface area contributed by atoms with Crippen molar-refractivity contribution in [3.63, 3.8) is 0 Å². The predicted molar refractivity (Wildman–Crippen MR) is 95.2 cm³/mol. The van der Waals surface area contributed by atoms with E-state index in [2.05, 4.69) is 6.92 Å². The molecular weight excluding hydrogens is 331 g/mol. The highest BCUT2D eigenvalue weighted by Gasteiger charge is 2.45. The number of hydrogen-bond donors (Lipinski definition) is 1. The molecule has 0 radical (unpaired) electrons. The van der Waals surface area contributed by atoms with Crippen molar-refractivity contribution in [2.45, 2.75) is 110 Å². The van der Waals surface area contributed by atoms with Gasteiger partial charge in [0, 0.05) is 0 Å². The fourth-order valence-corrected chi connectivity index (χ4v) is 2.72. The van der Waals surface area contributed by atoms with Crippen molar-refractivity contribution in [2.24, 2.45) is 11.7 Å². The summed E-state index contributed by atoms with van der Waals surface area (Å²) in [7, 11) is 0. The minimum Gasteiger partial charge on any atom is -0.462 e. The number of alkyl halides is 3. The first-order chi connectivity index (χ1) is 11.7. The molecule has 0 aliphatic rings. The molecule has 0 aliphatic heterocycles. The van der Waals surface area contributed by atoms with Gasteiger partial charge in [-0.1, -0.05) is 71.6 Å². The van der Waals surface area contributed by atoms with E-state index in [4.69, 9.17) is 10.5 Å². The molecule has 2 N–H and O–H groups in total. The smallest absolute Gasteiger partial charge is 0.404 e. The molecule has 0 aromatic heterocycles. The Labute approximate surface area is 150 Å². The van der Waals surface area contributed by atoms with E-state index in [1.54, 1.807) is 6.92 Å². The SMILES string of the molecule is CCCCCCCCCCC[C@H](C(=O)OC(C)CC)[C@H](N)C(F)(F)F. The fourth-order valence-electron chi connectivity index (χ4n) is 2.72. The molecule has 3 nitrogen and oxygen atoms in total. The van der Waals surface area contributed by atoms with Gasteiger partial charge in [-0.2, -0.15) is 13.2 Å². The molecule has 150 valence electrons. The third-order valence-electron chi connectivity index (χ3n) is 4.63. The zero-order valence-corrected chi connectivity index (χ0v) is 16.0. The Morgan fingerprint density at radius 3 is 1.88 bits per heavy atom. The number of unbranched alkanes of at least 4 members (excludes halogenated alkanes) is 8. The molecule has 3 atom stereocenters. The summed E-state index contributed by atoms with van der Waals surface area (Å²) in [5.74, 6) is -2.13. The number of ether oxygens (including phenoxy) is 1. The quantitative estimate of drug-likeness (QED) is 0.314. The second-order valence-electron chi connectivity index (χ2n) is 6.95. The lowest BCUT2D eigenvalue weighted by Crippen LogP contribution is -2.47. The fraction of sp³-hybridized carbons (Fsp3) is 0.947. The van der Waals surface area contributed by atoms with Gasteiger partial charge in [0.2, 0.25) is 0 Å². The van der Waals surface area contributed by atoms with Crippen molar-refractivity contribution >= 4 is 5.97 Å². The lowest BCUT2D eigenvalue weighted by Gasteiger charge is -2.25. The maximum atomic E-state index is 12.9. The van der Waals surface area contributed by atoms with Gasteiger partial charge in [-0.3, -0.25) is 4.79 Å². The number of rotatable bonds is 14. The third kappa shape index (κ3) is 11.4. The molecule has 0 spiro atoms. The first kappa shape index (κ1) is 24.2. The Bertz CT molecular complexity index is 348. The Balaban J connectivity index is 4.25. The molecule has 25 heavy (non-hydrogen) atoms. The molecule has 0 aromatic carbocycles. The molecule has 0 rings (SSSR count). The van der Waals surface area contributed by atoms with Gasteiger partial charge < -0.3 is 10.5 Å². The van der Waals surface area contributed by atoms with E-state index in [9.17, 15) is 18.0 Å². The van der Waals surface area contributed by atoms with Crippen LogP contribution in [0, 0.1) is 5.92 Å². The maximum absolute atomic E-state index is 12.9. The lowest BCUT2D eigenvalue weighted by atomic mass is 9.93. The van der Waals surface area contributed by atoms with Gasteiger partial charge >= 0.3 is 12.1 Å². The third-order valence-corrected chi connectivity index (χ3v) is 4.63. The highest BCUT2D eigenvalue weighted by atomic mass is 19.4. The van der Waals surface area contributed by atoms with Crippen LogP contribution in [0.15, 0.2) is 0 Å². The molecule has 0 fully saturated rings. The van der Waals surface area contributed by atoms with E-state index >= 15 is 0 Å². The molecule has 0 bridgehead atoms. The number of halogens is 3. The van der Waals surface area contributed by atoms with Crippen molar-refractivity contribution in [3.8, 4) is 0 Å². The Hall–Kier alpha value is -0.780. The zero-order valence-electron chi connectivity index (χ0n) is 16.0. The Morgan fingerprint density at radius 2 is 1.44 bits per heavy atom. The normalized spacial score (nSPS) is 15.6. The van der Waals surface area contributed by atoms with Crippen LogP contribution >= 0.6 is 0 Å². The molecule has 0 aromatic rings. The average Bonchev–Trinajstić information content (AvgIpc) is 2.55. The summed E-state index contributed by atoms with van der Waals surface area (Å²) in [6.45, 7) is 5.66. The van der Waals surface area contributed by atoms with Crippen LogP contribution in [0.5, 0.6) is 0 Å².